The minimum atomic E-state index is 0. The SMILES string of the molecule is CC.CC(=O)COCCCCCCCCNC(=O)C(C)C.[HH]. The molecule has 128 valence electrons. The number of ether oxygens (including phenoxy) is 1. The molecule has 0 aliphatic carbocycles. The first-order chi connectivity index (χ1) is 10.0. The zero-order valence-corrected chi connectivity index (χ0v) is 14.7. The van der Waals surface area contributed by atoms with Crippen LogP contribution in [0.1, 0.15) is 74.6 Å². The molecule has 0 spiro atoms. The lowest BCUT2D eigenvalue weighted by Crippen LogP contribution is -2.28. The van der Waals surface area contributed by atoms with Gasteiger partial charge in [-0.15, -0.1) is 0 Å². The second-order valence-corrected chi connectivity index (χ2v) is 5.32. The average Bonchev–Trinajstić information content (AvgIpc) is 2.46. The third-order valence-electron chi connectivity index (χ3n) is 2.84. The molecule has 4 nitrogen and oxygen atoms in total. The number of ketones is 1. The summed E-state index contributed by atoms with van der Waals surface area (Å²) in [6.45, 7) is 11.1. The lowest BCUT2D eigenvalue weighted by molar-refractivity contribution is -0.124. The Kier molecular flexibility index (Phi) is 18.3. The van der Waals surface area contributed by atoms with Gasteiger partial charge in [0.15, 0.2) is 5.78 Å². The Bertz CT molecular complexity index is 258. The van der Waals surface area contributed by atoms with Crippen LogP contribution >= 0.6 is 0 Å². The molecular weight excluding hydrogens is 266 g/mol. The van der Waals surface area contributed by atoms with Crippen LogP contribution in [-0.2, 0) is 14.3 Å². The van der Waals surface area contributed by atoms with E-state index in [9.17, 15) is 9.59 Å². The van der Waals surface area contributed by atoms with Crippen LogP contribution in [0.4, 0.5) is 0 Å². The summed E-state index contributed by atoms with van der Waals surface area (Å²) in [4.78, 5) is 21.9. The first-order valence-corrected chi connectivity index (χ1v) is 8.39. The second-order valence-electron chi connectivity index (χ2n) is 5.32. The van der Waals surface area contributed by atoms with Gasteiger partial charge in [-0.2, -0.15) is 0 Å². The normalized spacial score (nSPS) is 10.0. The smallest absolute Gasteiger partial charge is 0.222 e. The summed E-state index contributed by atoms with van der Waals surface area (Å²) < 4.78 is 5.19. The van der Waals surface area contributed by atoms with Gasteiger partial charge in [-0.05, 0) is 19.8 Å². The molecule has 0 saturated heterocycles. The highest BCUT2D eigenvalue weighted by Gasteiger charge is 2.04. The molecule has 0 fully saturated rings. The molecule has 21 heavy (non-hydrogen) atoms. The lowest BCUT2D eigenvalue weighted by atomic mass is 10.1. The van der Waals surface area contributed by atoms with Crippen LogP contribution in [0.25, 0.3) is 0 Å². The molecule has 0 atom stereocenters. The zero-order valence-electron chi connectivity index (χ0n) is 14.7. The summed E-state index contributed by atoms with van der Waals surface area (Å²) in [6, 6.07) is 0. The molecule has 0 bridgehead atoms. The summed E-state index contributed by atoms with van der Waals surface area (Å²) in [5.74, 6) is 0.307. The number of Topliss-reactive ketones (excluding diaryl/α,β-unsaturated/α-hetero) is 1. The standard InChI is InChI=1S/C15H29NO3.C2H6.H2/c1-13(2)15(18)16-10-8-6-4-5-7-9-11-19-12-14(3)17;1-2;/h13H,4-12H2,1-3H3,(H,16,18);1-2H3;1H. The van der Waals surface area contributed by atoms with Gasteiger partial charge in [0.2, 0.25) is 5.91 Å². The summed E-state index contributed by atoms with van der Waals surface area (Å²) in [6.07, 6.45) is 6.78. The van der Waals surface area contributed by atoms with Crippen molar-refractivity contribution in [1.29, 1.82) is 0 Å². The molecule has 0 aromatic carbocycles. The number of nitrogens with one attached hydrogen (secondary N) is 1. The number of hydrogen-bond donors (Lipinski definition) is 1. The van der Waals surface area contributed by atoms with Crippen molar-refractivity contribution in [2.75, 3.05) is 19.8 Å². The quantitative estimate of drug-likeness (QED) is 0.555. The highest BCUT2D eigenvalue weighted by Crippen LogP contribution is 2.05. The first-order valence-electron chi connectivity index (χ1n) is 8.39. The summed E-state index contributed by atoms with van der Waals surface area (Å²) >= 11 is 0. The molecule has 1 amide bonds. The maximum Gasteiger partial charge on any atom is 0.222 e. The van der Waals surface area contributed by atoms with Gasteiger partial charge in [-0.1, -0.05) is 53.4 Å². The zero-order chi connectivity index (χ0) is 16.5. The summed E-state index contributed by atoms with van der Waals surface area (Å²) in [5.41, 5.74) is 0. The van der Waals surface area contributed by atoms with E-state index >= 15 is 0 Å². The van der Waals surface area contributed by atoms with Crippen molar-refractivity contribution in [3.8, 4) is 0 Å². The van der Waals surface area contributed by atoms with Crippen LogP contribution in [-0.4, -0.2) is 31.4 Å². The first kappa shape index (κ1) is 22.4. The van der Waals surface area contributed by atoms with Crippen LogP contribution in [0.3, 0.4) is 0 Å². The minimum absolute atomic E-state index is 0. The van der Waals surface area contributed by atoms with E-state index < -0.39 is 0 Å². The van der Waals surface area contributed by atoms with E-state index in [0.717, 1.165) is 32.2 Å². The van der Waals surface area contributed by atoms with Crippen molar-refractivity contribution in [2.45, 2.75) is 73.1 Å². The molecule has 0 rings (SSSR count). The van der Waals surface area contributed by atoms with E-state index in [4.69, 9.17) is 4.74 Å². The van der Waals surface area contributed by atoms with Crippen molar-refractivity contribution in [3.63, 3.8) is 0 Å². The monoisotopic (exact) mass is 303 g/mol. The highest BCUT2D eigenvalue weighted by molar-refractivity contribution is 5.77. The third kappa shape index (κ3) is 19.1. The van der Waals surface area contributed by atoms with Crippen LogP contribution in [0.15, 0.2) is 0 Å². The van der Waals surface area contributed by atoms with E-state index in [0.29, 0.717) is 6.61 Å². The molecule has 0 aromatic heterocycles. The van der Waals surface area contributed by atoms with Gasteiger partial charge >= 0.3 is 0 Å². The topological polar surface area (TPSA) is 55.4 Å². The van der Waals surface area contributed by atoms with Gasteiger partial charge in [0, 0.05) is 20.5 Å². The Hall–Kier alpha value is -0.900. The molecule has 0 radical (unpaired) electrons. The van der Waals surface area contributed by atoms with Crippen molar-refractivity contribution < 1.29 is 15.8 Å². The number of carbonyl (C=O) groups is 2. The molecule has 0 aromatic rings. The summed E-state index contributed by atoms with van der Waals surface area (Å²) in [5, 5.41) is 2.92. The Labute approximate surface area is 132 Å². The van der Waals surface area contributed by atoms with Crippen LogP contribution in [0, 0.1) is 5.92 Å². The maximum absolute atomic E-state index is 11.3. The van der Waals surface area contributed by atoms with Gasteiger partial charge in [-0.3, -0.25) is 9.59 Å². The lowest BCUT2D eigenvalue weighted by Gasteiger charge is -2.07. The Morgan fingerprint density at radius 1 is 1.00 bits per heavy atom. The molecule has 4 heteroatoms. The Morgan fingerprint density at radius 2 is 1.52 bits per heavy atom. The predicted octanol–water partition coefficient (Wildman–Crippen LogP) is 3.98. The number of carbonyl (C=O) groups excluding carboxylic acids is 2. The third-order valence-corrected chi connectivity index (χ3v) is 2.84. The van der Waals surface area contributed by atoms with Crippen LogP contribution in [0.2, 0.25) is 0 Å². The van der Waals surface area contributed by atoms with Crippen molar-refractivity contribution in [2.24, 2.45) is 5.92 Å². The van der Waals surface area contributed by atoms with E-state index in [1.165, 1.54) is 19.8 Å². The number of amides is 1. The Balaban J connectivity index is -0.00000115. The van der Waals surface area contributed by atoms with Gasteiger partial charge in [0.25, 0.3) is 0 Å². The fourth-order valence-electron chi connectivity index (χ4n) is 1.67. The minimum Gasteiger partial charge on any atom is -0.374 e. The average molecular weight is 303 g/mol. The Morgan fingerprint density at radius 3 is 2.05 bits per heavy atom. The predicted molar refractivity (Wildman–Crippen MR) is 90.5 cm³/mol. The van der Waals surface area contributed by atoms with E-state index in [2.05, 4.69) is 5.32 Å². The van der Waals surface area contributed by atoms with Gasteiger partial charge in [0.1, 0.15) is 6.61 Å². The molecule has 0 heterocycles. The van der Waals surface area contributed by atoms with Crippen molar-refractivity contribution in [1.82, 2.24) is 5.32 Å². The molecule has 0 unspecified atom stereocenters. The fraction of sp³-hybridized carbons (Fsp3) is 0.882. The molecular formula is C17H37NO3. The highest BCUT2D eigenvalue weighted by atomic mass is 16.5. The van der Waals surface area contributed by atoms with Gasteiger partial charge < -0.3 is 10.1 Å². The van der Waals surface area contributed by atoms with Gasteiger partial charge in [0.05, 0.1) is 0 Å². The van der Waals surface area contributed by atoms with Crippen LogP contribution < -0.4 is 5.32 Å². The molecule has 0 aliphatic heterocycles. The second kappa shape index (κ2) is 17.2. The van der Waals surface area contributed by atoms with Crippen molar-refractivity contribution >= 4 is 11.7 Å². The van der Waals surface area contributed by atoms with Crippen molar-refractivity contribution in [3.05, 3.63) is 0 Å². The molecule has 0 saturated carbocycles. The molecule has 0 aliphatic rings. The number of unbranched alkanes of at least 4 members (excludes halogenated alkanes) is 5. The fourth-order valence-corrected chi connectivity index (χ4v) is 1.67. The maximum atomic E-state index is 11.3. The van der Waals surface area contributed by atoms with E-state index in [1.54, 1.807) is 0 Å². The van der Waals surface area contributed by atoms with Crippen LogP contribution in [0.5, 0.6) is 0 Å². The van der Waals surface area contributed by atoms with E-state index in [-0.39, 0.29) is 25.6 Å². The van der Waals surface area contributed by atoms with Gasteiger partial charge in [-0.25, -0.2) is 0 Å². The number of rotatable bonds is 12. The largest absolute Gasteiger partial charge is 0.374 e. The summed E-state index contributed by atoms with van der Waals surface area (Å²) in [7, 11) is 0. The molecule has 1 N–H and O–H groups in total. The van der Waals surface area contributed by atoms with E-state index in [1.807, 2.05) is 27.7 Å². The number of hydrogen-bond acceptors (Lipinski definition) is 3.